The number of ether oxygens (including phenoxy) is 2. The molecule has 0 aliphatic heterocycles. The first-order valence-electron chi connectivity index (χ1n) is 20.9. The summed E-state index contributed by atoms with van der Waals surface area (Å²) in [5.74, 6) is 6.71. The highest BCUT2D eigenvalue weighted by Gasteiger charge is 2.11. The molecule has 0 atom stereocenters. The van der Waals surface area contributed by atoms with Crippen molar-refractivity contribution < 1.29 is 18.7 Å². The van der Waals surface area contributed by atoms with Gasteiger partial charge in [0.25, 0.3) is 5.91 Å². The Kier molecular flexibility index (Phi) is 15.4. The fourth-order valence-electron chi connectivity index (χ4n) is 6.64. The van der Waals surface area contributed by atoms with E-state index in [1.165, 1.54) is 15.8 Å². The third-order valence-electron chi connectivity index (χ3n) is 10.1. The van der Waals surface area contributed by atoms with E-state index in [4.69, 9.17) is 32.5 Å². The van der Waals surface area contributed by atoms with E-state index in [1.807, 2.05) is 129 Å². The fourth-order valence-corrected chi connectivity index (χ4v) is 8.41. The van der Waals surface area contributed by atoms with Crippen LogP contribution in [0.5, 0.6) is 11.5 Å². The Hall–Kier alpha value is -8.02. The van der Waals surface area contributed by atoms with E-state index in [0.717, 1.165) is 70.6 Å². The van der Waals surface area contributed by atoms with Gasteiger partial charge in [-0.1, -0.05) is 84.7 Å². The van der Waals surface area contributed by atoms with Crippen LogP contribution in [0.4, 0.5) is 0 Å². The Bertz CT molecular complexity index is 3130. The molecule has 0 saturated carbocycles. The lowest BCUT2D eigenvalue weighted by Gasteiger charge is -2.06. The molecule has 0 unspecified atom stereocenters. The number of para-hydroxylation sites is 4. The average molecular weight is 903 g/mol. The van der Waals surface area contributed by atoms with Gasteiger partial charge in [0.05, 0.1) is 26.0 Å². The van der Waals surface area contributed by atoms with Gasteiger partial charge < -0.3 is 19.6 Å². The Morgan fingerprint density at radius 3 is 1.73 bits per heavy atom. The standard InChI is InChI=1S/C19H15NO2.C19H15NOS.C18H16N2OS/c2*1-3-12-21-17-10-8-15(13-14(17)2)9-11-19-20-16-6-4-5-7-18(16)22-19;1-11-6-7-13(10-12(11)2)8-9-16-20-17-14(18(19)21)4-3-5-15(17)22-16/h2*1,4-11,13H,12H2,2H3;3-10H,1-2H3,(H2,19,21)/b2*11-9+;9-8+. The second-order valence-corrected chi connectivity index (χ2v) is 17.1. The van der Waals surface area contributed by atoms with Crippen LogP contribution < -0.4 is 15.2 Å². The zero-order chi connectivity index (χ0) is 46.4. The van der Waals surface area contributed by atoms with Crippen molar-refractivity contribution in [3.05, 3.63) is 182 Å². The van der Waals surface area contributed by atoms with Crippen molar-refractivity contribution in [2.75, 3.05) is 13.2 Å². The molecule has 3 aromatic heterocycles. The summed E-state index contributed by atoms with van der Waals surface area (Å²) >= 11 is 3.24. The number of benzene rings is 6. The first kappa shape index (κ1) is 46.0. The quantitative estimate of drug-likeness (QED) is 0.129. The van der Waals surface area contributed by atoms with Gasteiger partial charge in [0.1, 0.15) is 40.2 Å². The first-order valence-corrected chi connectivity index (χ1v) is 22.6. The number of hydrogen-bond donors (Lipinski definition) is 1. The summed E-state index contributed by atoms with van der Waals surface area (Å²) in [5.41, 5.74) is 17.2. The molecule has 0 bridgehead atoms. The molecule has 2 N–H and O–H groups in total. The summed E-state index contributed by atoms with van der Waals surface area (Å²) in [7, 11) is 0. The highest BCUT2D eigenvalue weighted by Crippen LogP contribution is 2.28. The first-order chi connectivity index (χ1) is 32.1. The number of hydrogen-bond acceptors (Lipinski definition) is 9. The van der Waals surface area contributed by atoms with E-state index in [-0.39, 0.29) is 6.61 Å². The normalized spacial score (nSPS) is 11.1. The number of fused-ring (bicyclic) bond motifs is 3. The largest absolute Gasteiger partial charge is 0.481 e. The van der Waals surface area contributed by atoms with Gasteiger partial charge in [-0.15, -0.1) is 35.5 Å². The minimum absolute atomic E-state index is 0.277. The van der Waals surface area contributed by atoms with Crippen molar-refractivity contribution in [1.82, 2.24) is 15.0 Å². The second kappa shape index (κ2) is 22.1. The zero-order valence-electron chi connectivity index (χ0n) is 36.9. The lowest BCUT2D eigenvalue weighted by molar-refractivity contribution is 0.100. The highest BCUT2D eigenvalue weighted by molar-refractivity contribution is 7.19. The number of nitrogens with two attached hydrogens (primary N) is 1. The lowest BCUT2D eigenvalue weighted by atomic mass is 10.1. The van der Waals surface area contributed by atoms with Gasteiger partial charge in [0.15, 0.2) is 5.58 Å². The Labute approximate surface area is 392 Å². The van der Waals surface area contributed by atoms with Crippen molar-refractivity contribution in [2.45, 2.75) is 27.7 Å². The van der Waals surface area contributed by atoms with Crippen LogP contribution in [0.3, 0.4) is 0 Å². The van der Waals surface area contributed by atoms with Gasteiger partial charge >= 0.3 is 0 Å². The van der Waals surface area contributed by atoms with Gasteiger partial charge in [-0.2, -0.15) is 0 Å². The molecule has 9 rings (SSSR count). The van der Waals surface area contributed by atoms with Crippen LogP contribution in [-0.4, -0.2) is 34.1 Å². The number of carbonyl (C=O) groups excluding carboxylic acids is 1. The number of rotatable bonds is 11. The number of amides is 1. The van der Waals surface area contributed by atoms with Gasteiger partial charge in [-0.25, -0.2) is 15.0 Å². The van der Waals surface area contributed by atoms with Crippen LogP contribution >= 0.6 is 22.7 Å². The fraction of sp³-hybridized carbons (Fsp3) is 0.107. The summed E-state index contributed by atoms with van der Waals surface area (Å²) in [6, 6.07) is 39.7. The van der Waals surface area contributed by atoms with E-state index >= 15 is 0 Å². The van der Waals surface area contributed by atoms with Crippen molar-refractivity contribution >= 4 is 96.6 Å². The molecule has 6 aromatic carbocycles. The maximum absolute atomic E-state index is 11.4. The van der Waals surface area contributed by atoms with E-state index in [1.54, 1.807) is 28.7 Å². The number of oxazole rings is 1. The van der Waals surface area contributed by atoms with E-state index in [9.17, 15) is 4.79 Å². The number of thiazole rings is 2. The molecular weight excluding hydrogens is 857 g/mol. The molecule has 8 nitrogen and oxygen atoms in total. The van der Waals surface area contributed by atoms with E-state index in [0.29, 0.717) is 23.6 Å². The Morgan fingerprint density at radius 1 is 0.591 bits per heavy atom. The summed E-state index contributed by atoms with van der Waals surface area (Å²) in [6.45, 7) is 8.77. The zero-order valence-corrected chi connectivity index (χ0v) is 38.6. The SMILES string of the molecule is C#CCOc1ccc(/C=C/c2nc3ccccc3o2)cc1C.C#CCOc1ccc(/C=C/c2nc3ccccc3s2)cc1C.Cc1ccc(/C=C/c2nc3c(C(N)=O)cccc3s2)cc1C. The Morgan fingerprint density at radius 2 is 1.14 bits per heavy atom. The van der Waals surface area contributed by atoms with Crippen molar-refractivity contribution in [3.63, 3.8) is 0 Å². The minimum Gasteiger partial charge on any atom is -0.481 e. The van der Waals surface area contributed by atoms with Crippen LogP contribution in [0.1, 0.15) is 65.2 Å². The second-order valence-electron chi connectivity index (χ2n) is 15.0. The summed E-state index contributed by atoms with van der Waals surface area (Å²) in [5, 5.41) is 1.87. The number of primary amides is 1. The third-order valence-corrected chi connectivity index (χ3v) is 12.1. The molecular formula is C56H46N4O4S2. The number of aryl methyl sites for hydroxylation is 4. The summed E-state index contributed by atoms with van der Waals surface area (Å²) < 4.78 is 18.8. The van der Waals surface area contributed by atoms with Gasteiger partial charge in [0.2, 0.25) is 5.89 Å². The maximum Gasteiger partial charge on any atom is 0.250 e. The van der Waals surface area contributed by atoms with Crippen LogP contribution in [0.25, 0.3) is 68.0 Å². The van der Waals surface area contributed by atoms with Crippen molar-refractivity contribution in [2.24, 2.45) is 5.73 Å². The number of aromatic nitrogens is 3. The van der Waals surface area contributed by atoms with Crippen molar-refractivity contribution in [1.29, 1.82) is 0 Å². The van der Waals surface area contributed by atoms with Gasteiger partial charge in [-0.05, 0) is 146 Å². The molecule has 326 valence electrons. The monoisotopic (exact) mass is 902 g/mol. The molecule has 0 aliphatic carbocycles. The van der Waals surface area contributed by atoms with Crippen LogP contribution in [0.2, 0.25) is 0 Å². The van der Waals surface area contributed by atoms with Crippen LogP contribution in [0.15, 0.2) is 126 Å². The molecule has 9 aromatic rings. The van der Waals surface area contributed by atoms with Crippen LogP contribution in [-0.2, 0) is 0 Å². The molecule has 0 aliphatic rings. The molecule has 66 heavy (non-hydrogen) atoms. The van der Waals surface area contributed by atoms with E-state index < -0.39 is 5.91 Å². The van der Waals surface area contributed by atoms with Crippen LogP contribution in [0, 0.1) is 52.4 Å². The van der Waals surface area contributed by atoms with Gasteiger partial charge in [0, 0.05) is 6.08 Å². The molecule has 0 fully saturated rings. The predicted octanol–water partition coefficient (Wildman–Crippen LogP) is 13.3. The smallest absolute Gasteiger partial charge is 0.250 e. The lowest BCUT2D eigenvalue weighted by Crippen LogP contribution is -2.11. The Balaban J connectivity index is 0.000000147. The third kappa shape index (κ3) is 12.2. The number of carbonyl (C=O) groups is 1. The number of nitrogens with zero attached hydrogens (tertiary/aromatic N) is 3. The van der Waals surface area contributed by atoms with Crippen molar-refractivity contribution in [3.8, 4) is 36.2 Å². The molecule has 0 radical (unpaired) electrons. The van der Waals surface area contributed by atoms with Gasteiger partial charge in [-0.3, -0.25) is 4.79 Å². The molecule has 0 saturated heterocycles. The molecule has 1 amide bonds. The molecule has 3 heterocycles. The number of terminal acetylenes is 2. The molecule has 10 heteroatoms. The predicted molar refractivity (Wildman–Crippen MR) is 275 cm³/mol. The highest BCUT2D eigenvalue weighted by atomic mass is 32.1. The average Bonchev–Trinajstić information content (AvgIpc) is 4.07. The minimum atomic E-state index is -0.444. The summed E-state index contributed by atoms with van der Waals surface area (Å²) in [6.07, 6.45) is 22.3. The van der Waals surface area contributed by atoms with E-state index in [2.05, 4.69) is 77.0 Å². The maximum atomic E-state index is 11.4. The molecule has 0 spiro atoms. The topological polar surface area (TPSA) is 113 Å². The summed E-state index contributed by atoms with van der Waals surface area (Å²) in [4.78, 5) is 25.0.